The van der Waals surface area contributed by atoms with Crippen LogP contribution in [0.4, 0.5) is 17.1 Å². The molecule has 3 aliphatic carbocycles. The van der Waals surface area contributed by atoms with E-state index in [4.69, 9.17) is 8.83 Å². The Morgan fingerprint density at radius 2 is 0.848 bits per heavy atom. The SMILES string of the molecule is Cc1ccc(-c2cc3c(c4c2oc2ccccc24)-c2ccc(N(c4ccc(C)cc4)c4ccc5c(c4)C4(CC4)c4cc(-c6ccc(C)cc6)c6oc7ccccc7c6c4-5)cc2C3(C)C)cc1. The monoisotopic (exact) mass is 849 g/mol. The number of nitrogens with zero attached hydrogens (tertiary/aromatic N) is 1. The summed E-state index contributed by atoms with van der Waals surface area (Å²) in [5.41, 5.74) is 26.1. The zero-order chi connectivity index (χ0) is 44.2. The molecule has 0 atom stereocenters. The molecule has 2 heterocycles. The highest BCUT2D eigenvalue weighted by Crippen LogP contribution is 2.66. The van der Waals surface area contributed by atoms with Gasteiger partial charge in [-0.25, -0.2) is 0 Å². The van der Waals surface area contributed by atoms with E-state index < -0.39 is 0 Å². The van der Waals surface area contributed by atoms with Crippen LogP contribution in [0.1, 0.15) is 65.6 Å². The van der Waals surface area contributed by atoms with E-state index in [2.05, 4.69) is 209 Å². The summed E-state index contributed by atoms with van der Waals surface area (Å²) < 4.78 is 13.6. The minimum Gasteiger partial charge on any atom is -0.455 e. The van der Waals surface area contributed by atoms with Gasteiger partial charge < -0.3 is 13.7 Å². The van der Waals surface area contributed by atoms with Crippen molar-refractivity contribution in [2.24, 2.45) is 0 Å². The Kier molecular flexibility index (Phi) is 7.57. The third-order valence-corrected chi connectivity index (χ3v) is 15.5. The summed E-state index contributed by atoms with van der Waals surface area (Å²) in [5, 5.41) is 4.77. The minimum atomic E-state index is -0.281. The first-order chi connectivity index (χ1) is 32.2. The molecule has 0 amide bonds. The third-order valence-electron chi connectivity index (χ3n) is 15.5. The predicted octanol–water partition coefficient (Wildman–Crippen LogP) is 17.6. The number of fused-ring (bicyclic) bond motifs is 16. The fourth-order valence-corrected chi connectivity index (χ4v) is 11.9. The fraction of sp³-hybridized carbons (Fsp3) is 0.143. The molecule has 1 spiro atoms. The number of furan rings is 2. The first kappa shape index (κ1) is 37.7. The van der Waals surface area contributed by atoms with Gasteiger partial charge in [0.05, 0.1) is 0 Å². The average molecular weight is 850 g/mol. The van der Waals surface area contributed by atoms with Crippen molar-refractivity contribution < 1.29 is 8.83 Å². The maximum atomic E-state index is 6.82. The molecule has 1 saturated carbocycles. The van der Waals surface area contributed by atoms with Crippen LogP contribution in [0.25, 0.3) is 88.4 Å². The maximum absolute atomic E-state index is 6.82. The topological polar surface area (TPSA) is 29.5 Å². The zero-order valence-corrected chi connectivity index (χ0v) is 37.8. The molecule has 66 heavy (non-hydrogen) atoms. The van der Waals surface area contributed by atoms with E-state index in [1.54, 1.807) is 0 Å². The van der Waals surface area contributed by atoms with Gasteiger partial charge >= 0.3 is 0 Å². The molecular formula is C63H47NO2. The largest absolute Gasteiger partial charge is 0.455 e. The smallest absolute Gasteiger partial charge is 0.143 e. The van der Waals surface area contributed by atoms with Crippen LogP contribution in [0.5, 0.6) is 0 Å². The first-order valence-corrected chi connectivity index (χ1v) is 23.4. The Labute approximate surface area is 384 Å². The summed E-state index contributed by atoms with van der Waals surface area (Å²) in [7, 11) is 0. The van der Waals surface area contributed by atoms with Crippen LogP contribution in [0.3, 0.4) is 0 Å². The lowest BCUT2D eigenvalue weighted by Crippen LogP contribution is -2.17. The van der Waals surface area contributed by atoms with Crippen LogP contribution in [0, 0.1) is 20.8 Å². The lowest BCUT2D eigenvalue weighted by atomic mass is 9.81. The molecular weight excluding hydrogens is 803 g/mol. The Hall–Kier alpha value is -7.62. The van der Waals surface area contributed by atoms with E-state index in [0.717, 1.165) is 57.5 Å². The summed E-state index contributed by atoms with van der Waals surface area (Å²) in [5.74, 6) is 0. The minimum absolute atomic E-state index is 0.0406. The number of anilines is 3. The van der Waals surface area contributed by atoms with Crippen molar-refractivity contribution in [2.45, 2.75) is 58.3 Å². The van der Waals surface area contributed by atoms with Crippen LogP contribution in [-0.4, -0.2) is 0 Å². The number of rotatable bonds is 5. The highest BCUT2D eigenvalue weighted by Gasteiger charge is 2.53. The summed E-state index contributed by atoms with van der Waals surface area (Å²) in [6.45, 7) is 11.3. The number of hydrogen-bond donors (Lipinski definition) is 0. The van der Waals surface area contributed by atoms with Crippen molar-refractivity contribution in [1.29, 1.82) is 0 Å². The molecule has 0 aliphatic heterocycles. The normalized spacial score (nSPS) is 14.9. The Balaban J connectivity index is 0.961. The van der Waals surface area contributed by atoms with Gasteiger partial charge in [-0.05, 0) is 150 Å². The molecule has 0 bridgehead atoms. The van der Waals surface area contributed by atoms with Gasteiger partial charge in [0.25, 0.3) is 0 Å². The molecule has 0 radical (unpaired) electrons. The Morgan fingerprint density at radius 3 is 1.38 bits per heavy atom. The van der Waals surface area contributed by atoms with Gasteiger partial charge in [-0.1, -0.05) is 140 Å². The molecule has 0 saturated heterocycles. The zero-order valence-electron chi connectivity index (χ0n) is 37.8. The van der Waals surface area contributed by atoms with Crippen LogP contribution < -0.4 is 4.90 Å². The summed E-state index contributed by atoms with van der Waals surface area (Å²) in [4.78, 5) is 2.49. The Bertz CT molecular complexity index is 3640. The van der Waals surface area contributed by atoms with Crippen molar-refractivity contribution >= 4 is 60.9 Å². The van der Waals surface area contributed by atoms with E-state index in [-0.39, 0.29) is 10.8 Å². The van der Waals surface area contributed by atoms with E-state index >= 15 is 0 Å². The molecule has 11 aromatic rings. The highest BCUT2D eigenvalue weighted by molar-refractivity contribution is 6.20. The van der Waals surface area contributed by atoms with Crippen molar-refractivity contribution in [3.05, 3.63) is 209 Å². The molecule has 3 heteroatoms. The van der Waals surface area contributed by atoms with E-state index in [1.807, 2.05) is 0 Å². The molecule has 1 fully saturated rings. The van der Waals surface area contributed by atoms with Crippen LogP contribution in [-0.2, 0) is 10.8 Å². The fourth-order valence-electron chi connectivity index (χ4n) is 11.9. The van der Waals surface area contributed by atoms with E-state index in [0.29, 0.717) is 0 Å². The van der Waals surface area contributed by atoms with Gasteiger partial charge in [0, 0.05) is 60.6 Å². The first-order valence-electron chi connectivity index (χ1n) is 23.4. The second kappa shape index (κ2) is 13.2. The molecule has 2 aromatic heterocycles. The molecule has 3 nitrogen and oxygen atoms in total. The lowest BCUT2D eigenvalue weighted by Gasteiger charge is -2.29. The van der Waals surface area contributed by atoms with Gasteiger partial charge in [-0.2, -0.15) is 0 Å². The van der Waals surface area contributed by atoms with Gasteiger partial charge in [0.15, 0.2) is 0 Å². The molecule has 14 rings (SSSR count). The van der Waals surface area contributed by atoms with Crippen LogP contribution in [0.15, 0.2) is 179 Å². The molecule has 9 aromatic carbocycles. The quantitative estimate of drug-likeness (QED) is 0.173. The second-order valence-electron chi connectivity index (χ2n) is 19.9. The maximum Gasteiger partial charge on any atom is 0.143 e. The van der Waals surface area contributed by atoms with Crippen molar-refractivity contribution in [3.63, 3.8) is 0 Å². The van der Waals surface area contributed by atoms with E-state index in [9.17, 15) is 0 Å². The van der Waals surface area contributed by atoms with E-state index in [1.165, 1.54) is 99.7 Å². The van der Waals surface area contributed by atoms with Crippen LogP contribution in [0.2, 0.25) is 0 Å². The standard InChI is InChI=1S/C63H47NO2/c1-36-14-20-39(21-15-36)48-34-52-56(58-46-10-6-8-12-54(46)65-60(48)58)44-28-26-42(32-50(44)62(52,4)5)64(41-24-18-38(3)19-25-41)43-27-29-45-51(33-43)63(30-31-63)53-35-49(40-22-16-37(2)17-23-40)61-59(57(45)53)47-11-7-9-13-55(47)66-61/h6-29,32-35H,30-31H2,1-5H3. The summed E-state index contributed by atoms with van der Waals surface area (Å²) in [6, 6.07) is 63.3. The van der Waals surface area contributed by atoms with Gasteiger partial charge in [-0.15, -0.1) is 0 Å². The number of aryl methyl sites for hydroxylation is 3. The van der Waals surface area contributed by atoms with Crippen LogP contribution >= 0.6 is 0 Å². The highest BCUT2D eigenvalue weighted by atomic mass is 16.3. The van der Waals surface area contributed by atoms with Gasteiger partial charge in [0.2, 0.25) is 0 Å². The predicted molar refractivity (Wildman–Crippen MR) is 274 cm³/mol. The molecule has 316 valence electrons. The van der Waals surface area contributed by atoms with Crippen molar-refractivity contribution in [3.8, 4) is 44.5 Å². The molecule has 0 unspecified atom stereocenters. The summed E-state index contributed by atoms with van der Waals surface area (Å²) in [6.07, 6.45) is 2.26. The second-order valence-corrected chi connectivity index (χ2v) is 19.9. The lowest BCUT2D eigenvalue weighted by molar-refractivity contribution is 0.657. The third kappa shape index (κ3) is 5.14. The van der Waals surface area contributed by atoms with Gasteiger partial charge in [-0.3, -0.25) is 0 Å². The molecule has 3 aliphatic rings. The summed E-state index contributed by atoms with van der Waals surface area (Å²) >= 11 is 0. The van der Waals surface area contributed by atoms with Crippen molar-refractivity contribution in [1.82, 2.24) is 0 Å². The van der Waals surface area contributed by atoms with Crippen molar-refractivity contribution in [2.75, 3.05) is 4.90 Å². The number of para-hydroxylation sites is 2. The average Bonchev–Trinajstić information content (AvgIpc) is 3.70. The Morgan fingerprint density at radius 1 is 0.409 bits per heavy atom. The van der Waals surface area contributed by atoms with Gasteiger partial charge in [0.1, 0.15) is 22.3 Å². The number of benzene rings is 9. The molecule has 0 N–H and O–H groups in total. The number of hydrogen-bond acceptors (Lipinski definition) is 3.